The Morgan fingerprint density at radius 2 is 1.74 bits per heavy atom. The van der Waals surface area contributed by atoms with E-state index in [9.17, 15) is 4.21 Å². The van der Waals surface area contributed by atoms with Gasteiger partial charge >= 0.3 is 0 Å². The Morgan fingerprint density at radius 1 is 0.895 bits per heavy atom. The molecule has 0 aliphatic heterocycles. The summed E-state index contributed by atoms with van der Waals surface area (Å²) in [5, 5.41) is 1.01. The Labute approximate surface area is 113 Å². The summed E-state index contributed by atoms with van der Waals surface area (Å²) in [7, 11) is -1.13. The first-order valence-electron chi connectivity index (χ1n) is 5.96. The predicted octanol–water partition coefficient (Wildman–Crippen LogP) is 2.94. The number of aromatic nitrogens is 2. The number of hydrogen-bond acceptors (Lipinski definition) is 3. The molecule has 0 aliphatic carbocycles. The second-order valence-electron chi connectivity index (χ2n) is 4.14. The third-order valence-electron chi connectivity index (χ3n) is 2.85. The van der Waals surface area contributed by atoms with Crippen molar-refractivity contribution in [1.29, 1.82) is 0 Å². The largest absolute Gasteiger partial charge is 0.260 e. The maximum atomic E-state index is 12.5. The Balaban J connectivity index is 1.98. The third kappa shape index (κ3) is 2.53. The van der Waals surface area contributed by atoms with E-state index in [2.05, 4.69) is 9.97 Å². The molecule has 19 heavy (non-hydrogen) atoms. The van der Waals surface area contributed by atoms with Gasteiger partial charge in [0, 0.05) is 17.8 Å². The van der Waals surface area contributed by atoms with Gasteiger partial charge in [-0.2, -0.15) is 0 Å². The smallest absolute Gasteiger partial charge is 0.0863 e. The lowest BCUT2D eigenvalue weighted by molar-refractivity contribution is 0.682. The molecule has 2 aromatic heterocycles. The number of pyridine rings is 2. The standard InChI is InChI=1S/C15H12N2OS/c18-19(11-13-7-1-2-9-16-13)14-8-3-5-12-6-4-10-17-15(12)14/h1-10H,11H2. The van der Waals surface area contributed by atoms with Crippen LogP contribution in [-0.4, -0.2) is 14.2 Å². The normalized spacial score (nSPS) is 12.4. The van der Waals surface area contributed by atoms with E-state index in [0.29, 0.717) is 5.75 Å². The average molecular weight is 268 g/mol. The zero-order valence-electron chi connectivity index (χ0n) is 10.2. The van der Waals surface area contributed by atoms with Gasteiger partial charge in [0.1, 0.15) is 0 Å². The van der Waals surface area contributed by atoms with Crippen LogP contribution >= 0.6 is 0 Å². The monoisotopic (exact) mass is 268 g/mol. The lowest BCUT2D eigenvalue weighted by atomic mass is 10.2. The number of fused-ring (bicyclic) bond motifs is 1. The van der Waals surface area contributed by atoms with Crippen molar-refractivity contribution in [3.05, 3.63) is 66.6 Å². The maximum Gasteiger partial charge on any atom is 0.0863 e. The lowest BCUT2D eigenvalue weighted by Crippen LogP contribution is -1.99. The van der Waals surface area contributed by atoms with Gasteiger partial charge in [0.05, 0.1) is 32.7 Å². The maximum absolute atomic E-state index is 12.5. The molecular weight excluding hydrogens is 256 g/mol. The van der Waals surface area contributed by atoms with Crippen LogP contribution in [0.15, 0.2) is 65.8 Å². The van der Waals surface area contributed by atoms with Crippen LogP contribution in [0.2, 0.25) is 0 Å². The van der Waals surface area contributed by atoms with Crippen LogP contribution in [0.3, 0.4) is 0 Å². The van der Waals surface area contributed by atoms with Gasteiger partial charge in [-0.15, -0.1) is 0 Å². The van der Waals surface area contributed by atoms with Crippen LogP contribution in [-0.2, 0) is 16.6 Å². The van der Waals surface area contributed by atoms with Gasteiger partial charge in [0.25, 0.3) is 0 Å². The zero-order valence-corrected chi connectivity index (χ0v) is 11.0. The Hall–Kier alpha value is -2.07. The fourth-order valence-corrected chi connectivity index (χ4v) is 3.17. The number of rotatable bonds is 3. The van der Waals surface area contributed by atoms with Crippen LogP contribution in [0.4, 0.5) is 0 Å². The quantitative estimate of drug-likeness (QED) is 0.733. The molecule has 0 saturated carbocycles. The summed E-state index contributed by atoms with van der Waals surface area (Å²) in [6, 6.07) is 15.3. The molecule has 3 rings (SSSR count). The van der Waals surface area contributed by atoms with Crippen LogP contribution in [0.1, 0.15) is 5.69 Å². The molecule has 0 bridgehead atoms. The van der Waals surface area contributed by atoms with Crippen molar-refractivity contribution >= 4 is 21.7 Å². The van der Waals surface area contributed by atoms with Crippen LogP contribution in [0.25, 0.3) is 10.9 Å². The summed E-state index contributed by atoms with van der Waals surface area (Å²) in [6.45, 7) is 0. The molecule has 0 radical (unpaired) electrons. The van der Waals surface area contributed by atoms with Crippen molar-refractivity contribution in [2.45, 2.75) is 10.6 Å². The molecule has 2 heterocycles. The minimum atomic E-state index is -1.13. The van der Waals surface area contributed by atoms with Crippen molar-refractivity contribution < 1.29 is 4.21 Å². The third-order valence-corrected chi connectivity index (χ3v) is 4.22. The van der Waals surface area contributed by atoms with Gasteiger partial charge in [0.2, 0.25) is 0 Å². The average Bonchev–Trinajstić information content (AvgIpc) is 2.47. The molecule has 1 atom stereocenters. The van der Waals surface area contributed by atoms with Crippen LogP contribution in [0, 0.1) is 0 Å². The minimum absolute atomic E-state index is 0.413. The second kappa shape index (κ2) is 5.28. The van der Waals surface area contributed by atoms with Crippen molar-refractivity contribution in [3.63, 3.8) is 0 Å². The first kappa shape index (κ1) is 12.0. The fourth-order valence-electron chi connectivity index (χ4n) is 1.96. The van der Waals surface area contributed by atoms with Crippen molar-refractivity contribution in [2.75, 3.05) is 0 Å². The summed E-state index contributed by atoms with van der Waals surface area (Å²) in [6.07, 6.45) is 3.44. The van der Waals surface area contributed by atoms with Gasteiger partial charge in [-0.05, 0) is 24.3 Å². The number of benzene rings is 1. The first-order chi connectivity index (χ1) is 9.34. The molecule has 94 valence electrons. The molecule has 1 unspecified atom stereocenters. The fraction of sp³-hybridized carbons (Fsp3) is 0.0667. The summed E-state index contributed by atoms with van der Waals surface area (Å²) >= 11 is 0. The summed E-state index contributed by atoms with van der Waals surface area (Å²) in [5.41, 5.74) is 1.63. The number of nitrogens with zero attached hydrogens (tertiary/aromatic N) is 2. The van der Waals surface area contributed by atoms with Gasteiger partial charge in [0.15, 0.2) is 0 Å². The van der Waals surface area contributed by atoms with E-state index in [0.717, 1.165) is 21.5 Å². The highest BCUT2D eigenvalue weighted by Gasteiger charge is 2.10. The molecule has 4 heteroatoms. The van der Waals surface area contributed by atoms with Gasteiger partial charge < -0.3 is 0 Å². The van der Waals surface area contributed by atoms with Gasteiger partial charge in [-0.1, -0.05) is 24.3 Å². The first-order valence-corrected chi connectivity index (χ1v) is 7.28. The Kier molecular flexibility index (Phi) is 3.33. The van der Waals surface area contributed by atoms with Crippen LogP contribution < -0.4 is 0 Å². The molecule has 3 nitrogen and oxygen atoms in total. The molecule has 1 aromatic carbocycles. The van der Waals surface area contributed by atoms with E-state index in [4.69, 9.17) is 0 Å². The highest BCUT2D eigenvalue weighted by atomic mass is 32.2. The van der Waals surface area contributed by atoms with Crippen molar-refractivity contribution in [2.24, 2.45) is 0 Å². The molecule has 0 saturated heterocycles. The molecule has 0 spiro atoms. The second-order valence-corrected chi connectivity index (χ2v) is 5.56. The number of para-hydroxylation sites is 1. The lowest BCUT2D eigenvalue weighted by Gasteiger charge is -2.05. The predicted molar refractivity (Wildman–Crippen MR) is 76.1 cm³/mol. The van der Waals surface area contributed by atoms with Crippen LogP contribution in [0.5, 0.6) is 0 Å². The Morgan fingerprint density at radius 3 is 2.58 bits per heavy atom. The summed E-state index contributed by atoms with van der Waals surface area (Å²) < 4.78 is 12.5. The van der Waals surface area contributed by atoms with E-state index in [-0.39, 0.29) is 0 Å². The van der Waals surface area contributed by atoms with Gasteiger partial charge in [-0.3, -0.25) is 14.2 Å². The summed E-state index contributed by atoms with van der Waals surface area (Å²) in [4.78, 5) is 9.31. The highest BCUT2D eigenvalue weighted by molar-refractivity contribution is 7.84. The Bertz CT molecular complexity index is 723. The van der Waals surface area contributed by atoms with Gasteiger partial charge in [-0.25, -0.2) is 0 Å². The molecular formula is C15H12N2OS. The topological polar surface area (TPSA) is 42.9 Å². The summed E-state index contributed by atoms with van der Waals surface area (Å²) in [5.74, 6) is 0.413. The minimum Gasteiger partial charge on any atom is -0.260 e. The molecule has 0 aliphatic rings. The molecule has 0 N–H and O–H groups in total. The van der Waals surface area contributed by atoms with E-state index in [1.165, 1.54) is 0 Å². The highest BCUT2D eigenvalue weighted by Crippen LogP contribution is 2.20. The molecule has 3 aromatic rings. The SMILES string of the molecule is O=S(Cc1ccccn1)c1cccc2cccnc12. The van der Waals surface area contributed by atoms with Crippen molar-refractivity contribution in [3.8, 4) is 0 Å². The van der Waals surface area contributed by atoms with E-state index < -0.39 is 10.8 Å². The van der Waals surface area contributed by atoms with Crippen molar-refractivity contribution in [1.82, 2.24) is 9.97 Å². The van der Waals surface area contributed by atoms with E-state index >= 15 is 0 Å². The number of hydrogen-bond donors (Lipinski definition) is 0. The molecule has 0 fully saturated rings. The zero-order chi connectivity index (χ0) is 13.1. The van der Waals surface area contributed by atoms with E-state index in [1.54, 1.807) is 12.4 Å². The molecule has 0 amide bonds. The van der Waals surface area contributed by atoms with E-state index in [1.807, 2.05) is 48.5 Å².